The summed E-state index contributed by atoms with van der Waals surface area (Å²) in [5, 5.41) is 13.6. The molecule has 4 heteroatoms. The zero-order valence-corrected chi connectivity index (χ0v) is 12.4. The average molecular weight is 267 g/mol. The molecule has 0 bridgehead atoms. The van der Waals surface area contributed by atoms with Crippen LogP contribution in [-0.4, -0.2) is 31.9 Å². The number of benzene rings is 1. The second-order valence-electron chi connectivity index (χ2n) is 5.06. The van der Waals surface area contributed by atoms with Gasteiger partial charge >= 0.3 is 0 Å². The molecule has 1 aromatic rings. The van der Waals surface area contributed by atoms with E-state index in [2.05, 4.69) is 26.1 Å². The highest BCUT2D eigenvalue weighted by Gasteiger charge is 2.16. The molecule has 2 N–H and O–H groups in total. The highest BCUT2D eigenvalue weighted by atomic mass is 16.5. The molecule has 0 saturated carbocycles. The van der Waals surface area contributed by atoms with Crippen LogP contribution >= 0.6 is 0 Å². The van der Waals surface area contributed by atoms with E-state index in [1.165, 1.54) is 0 Å². The summed E-state index contributed by atoms with van der Waals surface area (Å²) < 4.78 is 10.5. The Labute approximate surface area is 115 Å². The molecule has 2 atom stereocenters. The average Bonchev–Trinajstić information content (AvgIpc) is 2.43. The Morgan fingerprint density at radius 1 is 1.16 bits per heavy atom. The van der Waals surface area contributed by atoms with Crippen LogP contribution in [0.25, 0.3) is 0 Å². The number of rotatable bonds is 7. The first-order chi connectivity index (χ1) is 8.99. The minimum Gasteiger partial charge on any atom is -0.497 e. The number of methoxy groups -OCH3 is 2. The van der Waals surface area contributed by atoms with E-state index < -0.39 is 6.10 Å². The smallest absolute Gasteiger partial charge is 0.124 e. The first-order valence-corrected chi connectivity index (χ1v) is 6.63. The minimum absolute atomic E-state index is 0.353. The molecule has 0 aromatic heterocycles. The van der Waals surface area contributed by atoms with Gasteiger partial charge in [-0.25, -0.2) is 0 Å². The Hall–Kier alpha value is -1.26. The number of nitrogens with one attached hydrogen (secondary N) is 1. The van der Waals surface area contributed by atoms with Crippen LogP contribution in [0.2, 0.25) is 0 Å². The molecular weight excluding hydrogens is 242 g/mol. The molecule has 0 radical (unpaired) electrons. The van der Waals surface area contributed by atoms with Crippen molar-refractivity contribution < 1.29 is 14.6 Å². The van der Waals surface area contributed by atoms with E-state index in [-0.39, 0.29) is 0 Å². The first kappa shape index (κ1) is 15.8. The number of aliphatic hydroxyl groups excluding tert-OH is 1. The number of aliphatic hydroxyl groups is 1. The second-order valence-corrected chi connectivity index (χ2v) is 5.06. The standard InChI is InChI=1S/C15H25NO3/c1-10(2)11(3)16-9-14(17)13-8-12(18-4)6-7-15(13)19-5/h6-8,10-11,14,16-17H,9H2,1-5H3. The van der Waals surface area contributed by atoms with E-state index in [9.17, 15) is 5.11 Å². The maximum Gasteiger partial charge on any atom is 0.124 e. The monoisotopic (exact) mass is 267 g/mol. The van der Waals surface area contributed by atoms with Gasteiger partial charge in [-0.1, -0.05) is 13.8 Å². The summed E-state index contributed by atoms with van der Waals surface area (Å²) in [6, 6.07) is 5.79. The lowest BCUT2D eigenvalue weighted by atomic mass is 10.0. The number of hydrogen-bond donors (Lipinski definition) is 2. The molecule has 4 nitrogen and oxygen atoms in total. The van der Waals surface area contributed by atoms with Gasteiger partial charge in [-0.2, -0.15) is 0 Å². The Morgan fingerprint density at radius 2 is 1.84 bits per heavy atom. The van der Waals surface area contributed by atoms with Crippen LogP contribution in [0.1, 0.15) is 32.4 Å². The summed E-state index contributed by atoms with van der Waals surface area (Å²) in [4.78, 5) is 0. The molecule has 0 amide bonds. The van der Waals surface area contributed by atoms with Gasteiger partial charge in [-0.15, -0.1) is 0 Å². The Kier molecular flexibility index (Phi) is 6.12. The fourth-order valence-electron chi connectivity index (χ4n) is 1.74. The maximum atomic E-state index is 10.3. The SMILES string of the molecule is COc1ccc(OC)c(C(O)CNC(C)C(C)C)c1. The van der Waals surface area contributed by atoms with E-state index in [0.29, 0.717) is 30.0 Å². The van der Waals surface area contributed by atoms with Crippen molar-refractivity contribution in [2.75, 3.05) is 20.8 Å². The summed E-state index contributed by atoms with van der Waals surface area (Å²) in [5.74, 6) is 1.92. The number of ether oxygens (including phenoxy) is 2. The molecule has 0 saturated heterocycles. The Balaban J connectivity index is 2.77. The van der Waals surface area contributed by atoms with Crippen molar-refractivity contribution in [1.29, 1.82) is 0 Å². The second kappa shape index (κ2) is 7.36. The zero-order valence-electron chi connectivity index (χ0n) is 12.4. The predicted octanol–water partition coefficient (Wildman–Crippen LogP) is 2.37. The van der Waals surface area contributed by atoms with Gasteiger partial charge in [-0.3, -0.25) is 0 Å². The van der Waals surface area contributed by atoms with Crippen LogP contribution in [0, 0.1) is 5.92 Å². The van der Waals surface area contributed by atoms with Crippen LogP contribution in [0.3, 0.4) is 0 Å². The van der Waals surface area contributed by atoms with Gasteiger partial charge < -0.3 is 19.9 Å². The minimum atomic E-state index is -0.619. The molecule has 2 unspecified atom stereocenters. The lowest BCUT2D eigenvalue weighted by Crippen LogP contribution is -2.34. The molecule has 0 heterocycles. The highest BCUT2D eigenvalue weighted by Crippen LogP contribution is 2.29. The molecule has 0 fully saturated rings. The summed E-state index contributed by atoms with van der Waals surface area (Å²) in [5.41, 5.74) is 0.741. The summed E-state index contributed by atoms with van der Waals surface area (Å²) in [6.07, 6.45) is -0.619. The lowest BCUT2D eigenvalue weighted by Gasteiger charge is -2.21. The fraction of sp³-hybridized carbons (Fsp3) is 0.600. The first-order valence-electron chi connectivity index (χ1n) is 6.63. The predicted molar refractivity (Wildman–Crippen MR) is 76.8 cm³/mol. The molecule has 1 rings (SSSR count). The Morgan fingerprint density at radius 3 is 2.37 bits per heavy atom. The lowest BCUT2D eigenvalue weighted by molar-refractivity contribution is 0.163. The van der Waals surface area contributed by atoms with E-state index in [1.54, 1.807) is 14.2 Å². The number of hydrogen-bond acceptors (Lipinski definition) is 4. The van der Waals surface area contributed by atoms with Crippen molar-refractivity contribution in [3.8, 4) is 11.5 Å². The van der Waals surface area contributed by atoms with Crippen LogP contribution in [0.4, 0.5) is 0 Å². The van der Waals surface area contributed by atoms with Gasteiger partial charge in [0.2, 0.25) is 0 Å². The van der Waals surface area contributed by atoms with Gasteiger partial charge in [0.15, 0.2) is 0 Å². The van der Waals surface area contributed by atoms with Gasteiger partial charge in [0, 0.05) is 18.2 Å². The normalized spacial score (nSPS) is 14.3. The summed E-state index contributed by atoms with van der Waals surface area (Å²) in [7, 11) is 3.21. The van der Waals surface area contributed by atoms with Gasteiger partial charge in [0.05, 0.1) is 20.3 Å². The van der Waals surface area contributed by atoms with Crippen molar-refractivity contribution in [1.82, 2.24) is 5.32 Å². The molecule has 0 aliphatic heterocycles. The van der Waals surface area contributed by atoms with Crippen molar-refractivity contribution in [3.05, 3.63) is 23.8 Å². The third kappa shape index (κ3) is 4.40. The van der Waals surface area contributed by atoms with E-state index in [1.807, 2.05) is 18.2 Å². The third-order valence-electron chi connectivity index (χ3n) is 3.43. The van der Waals surface area contributed by atoms with Crippen molar-refractivity contribution in [2.45, 2.75) is 32.9 Å². The molecule has 108 valence electrons. The highest BCUT2D eigenvalue weighted by molar-refractivity contribution is 5.41. The molecule has 1 aromatic carbocycles. The van der Waals surface area contributed by atoms with Crippen LogP contribution in [0.5, 0.6) is 11.5 Å². The van der Waals surface area contributed by atoms with Gasteiger partial charge in [0.25, 0.3) is 0 Å². The largest absolute Gasteiger partial charge is 0.497 e. The van der Waals surface area contributed by atoms with Crippen molar-refractivity contribution in [2.24, 2.45) is 5.92 Å². The molecule has 0 aliphatic carbocycles. The topological polar surface area (TPSA) is 50.7 Å². The van der Waals surface area contributed by atoms with Crippen LogP contribution < -0.4 is 14.8 Å². The van der Waals surface area contributed by atoms with Gasteiger partial charge in [-0.05, 0) is 31.0 Å². The Bertz CT molecular complexity index is 393. The van der Waals surface area contributed by atoms with Crippen LogP contribution in [0.15, 0.2) is 18.2 Å². The van der Waals surface area contributed by atoms with Crippen molar-refractivity contribution >= 4 is 0 Å². The fourth-order valence-corrected chi connectivity index (χ4v) is 1.74. The maximum absolute atomic E-state index is 10.3. The summed E-state index contributed by atoms with van der Waals surface area (Å²) in [6.45, 7) is 6.90. The zero-order chi connectivity index (χ0) is 14.4. The van der Waals surface area contributed by atoms with Crippen LogP contribution in [-0.2, 0) is 0 Å². The molecule has 0 spiro atoms. The quantitative estimate of drug-likeness (QED) is 0.796. The van der Waals surface area contributed by atoms with E-state index >= 15 is 0 Å². The third-order valence-corrected chi connectivity index (χ3v) is 3.43. The van der Waals surface area contributed by atoms with E-state index in [4.69, 9.17) is 9.47 Å². The molecule has 0 aliphatic rings. The molecule has 19 heavy (non-hydrogen) atoms. The van der Waals surface area contributed by atoms with Crippen molar-refractivity contribution in [3.63, 3.8) is 0 Å². The van der Waals surface area contributed by atoms with E-state index in [0.717, 1.165) is 5.56 Å². The summed E-state index contributed by atoms with van der Waals surface area (Å²) >= 11 is 0. The molecular formula is C15H25NO3. The van der Waals surface area contributed by atoms with Gasteiger partial charge in [0.1, 0.15) is 11.5 Å².